The minimum Gasteiger partial charge on any atom is -0.497 e. The minimum atomic E-state index is -0.131. The molecule has 0 atom stereocenters. The molecule has 1 heterocycles. The number of hydrogen-bond acceptors (Lipinski definition) is 5. The van der Waals surface area contributed by atoms with Crippen molar-refractivity contribution in [1.29, 1.82) is 0 Å². The SMILES string of the molecule is COc1ccc(CNc2ncc(C(=O)NCCC3=CCCCC3)cn2)cc1. The van der Waals surface area contributed by atoms with E-state index in [2.05, 4.69) is 26.7 Å². The van der Waals surface area contributed by atoms with E-state index in [0.29, 0.717) is 24.6 Å². The molecule has 0 spiro atoms. The summed E-state index contributed by atoms with van der Waals surface area (Å²) in [7, 11) is 1.64. The number of methoxy groups -OCH3 is 1. The van der Waals surface area contributed by atoms with Crippen molar-refractivity contribution in [1.82, 2.24) is 15.3 Å². The molecule has 1 aliphatic rings. The van der Waals surface area contributed by atoms with E-state index in [1.807, 2.05) is 24.3 Å². The molecule has 1 amide bonds. The highest BCUT2D eigenvalue weighted by molar-refractivity contribution is 5.93. The van der Waals surface area contributed by atoms with Gasteiger partial charge in [-0.25, -0.2) is 9.97 Å². The number of allylic oxidation sites excluding steroid dienone is 1. The summed E-state index contributed by atoms with van der Waals surface area (Å²) in [5.41, 5.74) is 3.02. The molecule has 0 unspecified atom stereocenters. The molecule has 0 fully saturated rings. The van der Waals surface area contributed by atoms with E-state index in [1.165, 1.54) is 24.8 Å². The zero-order chi connectivity index (χ0) is 18.9. The smallest absolute Gasteiger partial charge is 0.254 e. The first-order chi connectivity index (χ1) is 13.2. The number of amides is 1. The van der Waals surface area contributed by atoms with Crippen molar-refractivity contribution >= 4 is 11.9 Å². The Morgan fingerprint density at radius 1 is 1.15 bits per heavy atom. The van der Waals surface area contributed by atoms with Gasteiger partial charge in [-0.15, -0.1) is 0 Å². The van der Waals surface area contributed by atoms with Gasteiger partial charge in [0.25, 0.3) is 5.91 Å². The lowest BCUT2D eigenvalue weighted by molar-refractivity contribution is 0.0953. The van der Waals surface area contributed by atoms with E-state index in [-0.39, 0.29) is 5.91 Å². The summed E-state index contributed by atoms with van der Waals surface area (Å²) in [5, 5.41) is 6.09. The van der Waals surface area contributed by atoms with Crippen LogP contribution in [0.5, 0.6) is 5.75 Å². The fourth-order valence-electron chi connectivity index (χ4n) is 3.03. The zero-order valence-electron chi connectivity index (χ0n) is 15.7. The lowest BCUT2D eigenvalue weighted by Gasteiger charge is -2.13. The molecule has 6 nitrogen and oxygen atoms in total. The maximum absolute atomic E-state index is 12.2. The van der Waals surface area contributed by atoms with Crippen molar-refractivity contribution in [3.8, 4) is 5.75 Å². The third-order valence-corrected chi connectivity index (χ3v) is 4.64. The van der Waals surface area contributed by atoms with Crippen LogP contribution in [0.15, 0.2) is 48.3 Å². The lowest BCUT2D eigenvalue weighted by Crippen LogP contribution is -2.25. The van der Waals surface area contributed by atoms with Crippen LogP contribution in [0.4, 0.5) is 5.95 Å². The van der Waals surface area contributed by atoms with Crippen molar-refractivity contribution in [2.24, 2.45) is 0 Å². The third kappa shape index (κ3) is 5.81. The molecule has 0 radical (unpaired) electrons. The minimum absolute atomic E-state index is 0.131. The topological polar surface area (TPSA) is 76.1 Å². The van der Waals surface area contributed by atoms with Gasteiger partial charge in [0.2, 0.25) is 5.95 Å². The molecule has 0 bridgehead atoms. The van der Waals surface area contributed by atoms with E-state index in [1.54, 1.807) is 19.5 Å². The molecule has 2 N–H and O–H groups in total. The maximum atomic E-state index is 12.2. The fraction of sp³-hybridized carbons (Fsp3) is 0.381. The van der Waals surface area contributed by atoms with Crippen molar-refractivity contribution < 1.29 is 9.53 Å². The summed E-state index contributed by atoms with van der Waals surface area (Å²) in [6.45, 7) is 1.26. The van der Waals surface area contributed by atoms with E-state index in [0.717, 1.165) is 24.2 Å². The molecular weight excluding hydrogens is 340 g/mol. The third-order valence-electron chi connectivity index (χ3n) is 4.64. The average molecular weight is 366 g/mol. The first-order valence-electron chi connectivity index (χ1n) is 9.39. The zero-order valence-corrected chi connectivity index (χ0v) is 15.7. The number of aromatic nitrogens is 2. The van der Waals surface area contributed by atoms with Crippen LogP contribution in [-0.4, -0.2) is 29.5 Å². The molecule has 0 aliphatic heterocycles. The Labute approximate surface area is 160 Å². The molecule has 3 rings (SSSR count). The van der Waals surface area contributed by atoms with Gasteiger partial charge in [-0.05, 0) is 49.8 Å². The number of nitrogens with zero attached hydrogens (tertiary/aromatic N) is 2. The van der Waals surface area contributed by atoms with Crippen LogP contribution in [-0.2, 0) is 6.54 Å². The molecule has 142 valence electrons. The highest BCUT2D eigenvalue weighted by Gasteiger charge is 2.08. The summed E-state index contributed by atoms with van der Waals surface area (Å²) in [4.78, 5) is 20.6. The lowest BCUT2D eigenvalue weighted by atomic mass is 9.97. The molecule has 1 aliphatic carbocycles. The number of hydrogen-bond donors (Lipinski definition) is 2. The van der Waals surface area contributed by atoms with Crippen LogP contribution in [0.2, 0.25) is 0 Å². The molecule has 1 aromatic carbocycles. The molecule has 0 saturated carbocycles. The van der Waals surface area contributed by atoms with Crippen molar-refractivity contribution in [3.05, 3.63) is 59.4 Å². The normalized spacial score (nSPS) is 13.6. The van der Waals surface area contributed by atoms with Crippen LogP contribution in [0.3, 0.4) is 0 Å². The van der Waals surface area contributed by atoms with Gasteiger partial charge in [-0.3, -0.25) is 4.79 Å². The highest BCUT2D eigenvalue weighted by Crippen LogP contribution is 2.19. The standard InChI is InChI=1S/C21H26N4O2/c1-27-19-9-7-17(8-10-19)13-23-21-24-14-18(15-25-21)20(26)22-12-11-16-5-3-2-4-6-16/h5,7-10,14-15H,2-4,6,11-13H2,1H3,(H,22,26)(H,23,24,25). The number of nitrogens with one attached hydrogen (secondary N) is 2. The number of carbonyl (C=O) groups is 1. The number of ether oxygens (including phenoxy) is 1. The second kappa shape index (κ2) is 9.71. The summed E-state index contributed by atoms with van der Waals surface area (Å²) in [6.07, 6.45) is 11.2. The van der Waals surface area contributed by atoms with Crippen LogP contribution >= 0.6 is 0 Å². The van der Waals surface area contributed by atoms with Gasteiger partial charge in [0.05, 0.1) is 12.7 Å². The van der Waals surface area contributed by atoms with Crippen molar-refractivity contribution in [2.75, 3.05) is 19.0 Å². The van der Waals surface area contributed by atoms with Gasteiger partial charge in [0.15, 0.2) is 0 Å². The van der Waals surface area contributed by atoms with E-state index in [9.17, 15) is 4.79 Å². The quantitative estimate of drug-likeness (QED) is 0.697. The van der Waals surface area contributed by atoms with Gasteiger partial charge < -0.3 is 15.4 Å². The molecule has 0 saturated heterocycles. The van der Waals surface area contributed by atoms with Gasteiger partial charge in [-0.2, -0.15) is 0 Å². The average Bonchev–Trinajstić information content (AvgIpc) is 2.73. The van der Waals surface area contributed by atoms with Gasteiger partial charge in [0.1, 0.15) is 5.75 Å². The molecular formula is C21H26N4O2. The van der Waals surface area contributed by atoms with Crippen LogP contribution in [0.1, 0.15) is 48.0 Å². The number of rotatable bonds is 8. The predicted octanol–water partition coefficient (Wildman–Crippen LogP) is 3.72. The van der Waals surface area contributed by atoms with Gasteiger partial charge >= 0.3 is 0 Å². The Bertz CT molecular complexity index is 770. The Morgan fingerprint density at radius 2 is 1.93 bits per heavy atom. The second-order valence-electron chi connectivity index (χ2n) is 6.61. The summed E-state index contributed by atoms with van der Waals surface area (Å²) in [5.74, 6) is 1.19. The number of carbonyl (C=O) groups excluding carboxylic acids is 1. The van der Waals surface area contributed by atoms with Crippen LogP contribution < -0.4 is 15.4 Å². The van der Waals surface area contributed by atoms with Crippen LogP contribution in [0, 0.1) is 0 Å². The Hall–Kier alpha value is -2.89. The first-order valence-corrected chi connectivity index (χ1v) is 9.39. The van der Waals surface area contributed by atoms with E-state index >= 15 is 0 Å². The van der Waals surface area contributed by atoms with Crippen LogP contribution in [0.25, 0.3) is 0 Å². The van der Waals surface area contributed by atoms with E-state index in [4.69, 9.17) is 4.74 Å². The molecule has 6 heteroatoms. The van der Waals surface area contributed by atoms with E-state index < -0.39 is 0 Å². The molecule has 27 heavy (non-hydrogen) atoms. The van der Waals surface area contributed by atoms with Crippen molar-refractivity contribution in [2.45, 2.75) is 38.6 Å². The first kappa shape index (κ1) is 18.9. The fourth-order valence-corrected chi connectivity index (χ4v) is 3.03. The predicted molar refractivity (Wildman–Crippen MR) is 106 cm³/mol. The van der Waals surface area contributed by atoms with Gasteiger partial charge in [0, 0.05) is 25.5 Å². The summed E-state index contributed by atoms with van der Waals surface area (Å²) < 4.78 is 5.14. The maximum Gasteiger partial charge on any atom is 0.254 e. The van der Waals surface area contributed by atoms with Gasteiger partial charge in [-0.1, -0.05) is 23.8 Å². The second-order valence-corrected chi connectivity index (χ2v) is 6.61. The highest BCUT2D eigenvalue weighted by atomic mass is 16.5. The summed E-state index contributed by atoms with van der Waals surface area (Å²) >= 11 is 0. The largest absolute Gasteiger partial charge is 0.497 e. The monoisotopic (exact) mass is 366 g/mol. The Morgan fingerprint density at radius 3 is 2.59 bits per heavy atom. The van der Waals surface area contributed by atoms with Crippen molar-refractivity contribution in [3.63, 3.8) is 0 Å². The number of benzene rings is 1. The summed E-state index contributed by atoms with van der Waals surface area (Å²) in [6, 6.07) is 7.79. The Kier molecular flexibility index (Phi) is 6.79. The molecule has 1 aromatic heterocycles. The molecule has 2 aromatic rings. The Balaban J connectivity index is 1.44. The number of anilines is 1.